The molecule has 0 bridgehead atoms. The number of para-hydroxylation sites is 1. The number of nitrogens with two attached hydrogens (primary N) is 1. The molecule has 0 aliphatic carbocycles. The molecule has 0 spiro atoms. The molecule has 0 saturated carbocycles. The van der Waals surface area contributed by atoms with Crippen LogP contribution in [-0.4, -0.2) is 27.1 Å². The number of benzene rings is 2. The molecule has 0 unspecified atom stereocenters. The van der Waals surface area contributed by atoms with Gasteiger partial charge < -0.3 is 15.2 Å². The molecule has 0 aliphatic rings. The topological polar surface area (TPSA) is 86.2 Å². The third-order valence-electron chi connectivity index (χ3n) is 5.26. The van der Waals surface area contributed by atoms with Crippen molar-refractivity contribution in [2.24, 2.45) is 7.05 Å². The molecule has 2 heterocycles. The van der Waals surface area contributed by atoms with Crippen LogP contribution in [-0.2, 0) is 13.6 Å². The van der Waals surface area contributed by atoms with Crippen LogP contribution in [0, 0.1) is 6.92 Å². The van der Waals surface area contributed by atoms with Crippen molar-refractivity contribution in [1.29, 1.82) is 0 Å². The van der Waals surface area contributed by atoms with Gasteiger partial charge in [-0.3, -0.25) is 9.36 Å². The molecule has 7 nitrogen and oxygen atoms in total. The Hall–Kier alpha value is -3.87. The number of hydrogen-bond acceptors (Lipinski definition) is 4. The fraction of sp³-hybridized carbons (Fsp3) is 0.174. The van der Waals surface area contributed by atoms with E-state index in [4.69, 9.17) is 5.73 Å². The molecule has 2 aromatic heterocycles. The Labute approximate surface area is 174 Å². The number of amides is 1. The maximum absolute atomic E-state index is 13.1. The van der Waals surface area contributed by atoms with Crippen LogP contribution in [0.25, 0.3) is 10.9 Å². The zero-order chi connectivity index (χ0) is 21.4. The van der Waals surface area contributed by atoms with Crippen LogP contribution >= 0.6 is 0 Å². The molecule has 2 aromatic carbocycles. The van der Waals surface area contributed by atoms with Crippen LogP contribution in [0.5, 0.6) is 0 Å². The van der Waals surface area contributed by atoms with E-state index in [0.29, 0.717) is 11.5 Å². The lowest BCUT2D eigenvalue weighted by Crippen LogP contribution is -2.31. The average Bonchev–Trinajstić information content (AvgIpc) is 3.02. The van der Waals surface area contributed by atoms with Crippen LogP contribution in [0.2, 0.25) is 0 Å². The van der Waals surface area contributed by atoms with Gasteiger partial charge in [0.05, 0.1) is 12.1 Å². The minimum atomic E-state index is -0.253. The lowest BCUT2D eigenvalue weighted by molar-refractivity contribution is 0.0984. The molecule has 30 heavy (non-hydrogen) atoms. The summed E-state index contributed by atoms with van der Waals surface area (Å²) in [6, 6.07) is 17.1. The Bertz CT molecular complexity index is 1300. The van der Waals surface area contributed by atoms with Gasteiger partial charge in [0.2, 0.25) is 0 Å². The van der Waals surface area contributed by atoms with E-state index < -0.39 is 0 Å². The Morgan fingerprint density at radius 2 is 1.87 bits per heavy atom. The van der Waals surface area contributed by atoms with E-state index in [2.05, 4.69) is 4.98 Å². The number of nitrogens with zero attached hydrogens (tertiary/aromatic N) is 4. The molecule has 0 fully saturated rings. The predicted octanol–water partition coefficient (Wildman–Crippen LogP) is 2.95. The number of hydrogen-bond donors (Lipinski definition) is 1. The molecule has 7 heteroatoms. The van der Waals surface area contributed by atoms with Gasteiger partial charge in [-0.25, -0.2) is 9.78 Å². The molecule has 4 aromatic rings. The Kier molecular flexibility index (Phi) is 4.87. The number of aryl methyl sites for hydroxylation is 2. The highest BCUT2D eigenvalue weighted by atomic mass is 16.2. The van der Waals surface area contributed by atoms with Crippen LogP contribution < -0.4 is 16.3 Å². The monoisotopic (exact) mass is 401 g/mol. The fourth-order valence-electron chi connectivity index (χ4n) is 3.48. The molecular formula is C23H23N5O2. The second kappa shape index (κ2) is 7.51. The van der Waals surface area contributed by atoms with Crippen LogP contribution in [0.15, 0.2) is 65.6 Å². The fourth-order valence-corrected chi connectivity index (χ4v) is 3.48. The minimum Gasteiger partial charge on any atom is -0.383 e. The molecule has 1 amide bonds. The van der Waals surface area contributed by atoms with E-state index in [1.54, 1.807) is 20.3 Å². The molecule has 0 radical (unpaired) electrons. The SMILES string of the molecule is Cc1cc2ccc(Cn3c(C(=O)N(C)c4ccccc4)cn(C)c3=O)cc2nc1N. The largest absolute Gasteiger partial charge is 0.383 e. The first-order valence-electron chi connectivity index (χ1n) is 9.60. The van der Waals surface area contributed by atoms with E-state index in [1.165, 1.54) is 14.0 Å². The molecule has 0 aliphatic heterocycles. The minimum absolute atomic E-state index is 0.252. The summed E-state index contributed by atoms with van der Waals surface area (Å²) in [4.78, 5) is 31.9. The number of carbonyl (C=O) groups is 1. The Morgan fingerprint density at radius 3 is 2.60 bits per heavy atom. The molecule has 2 N–H and O–H groups in total. The summed E-state index contributed by atoms with van der Waals surface area (Å²) in [5.41, 5.74) is 9.32. The van der Waals surface area contributed by atoms with Crippen molar-refractivity contribution < 1.29 is 4.79 Å². The van der Waals surface area contributed by atoms with Crippen molar-refractivity contribution in [2.45, 2.75) is 13.5 Å². The third-order valence-corrected chi connectivity index (χ3v) is 5.26. The van der Waals surface area contributed by atoms with Gasteiger partial charge in [-0.1, -0.05) is 30.3 Å². The number of aromatic nitrogens is 3. The van der Waals surface area contributed by atoms with Crippen LogP contribution in [0.4, 0.5) is 11.5 Å². The first kappa shape index (κ1) is 19.4. The van der Waals surface area contributed by atoms with E-state index in [9.17, 15) is 9.59 Å². The number of rotatable bonds is 4. The predicted molar refractivity (Wildman–Crippen MR) is 119 cm³/mol. The van der Waals surface area contributed by atoms with Crippen LogP contribution in [0.1, 0.15) is 21.6 Å². The van der Waals surface area contributed by atoms with Crippen molar-refractivity contribution in [1.82, 2.24) is 14.1 Å². The normalized spacial score (nSPS) is 11.0. The summed E-state index contributed by atoms with van der Waals surface area (Å²) in [7, 11) is 3.34. The Balaban J connectivity index is 1.72. The summed E-state index contributed by atoms with van der Waals surface area (Å²) >= 11 is 0. The van der Waals surface area contributed by atoms with E-state index >= 15 is 0 Å². The van der Waals surface area contributed by atoms with Crippen LogP contribution in [0.3, 0.4) is 0 Å². The highest BCUT2D eigenvalue weighted by molar-refractivity contribution is 6.04. The number of anilines is 2. The van der Waals surface area contributed by atoms with Crippen molar-refractivity contribution in [3.8, 4) is 0 Å². The number of imidazole rings is 1. The lowest BCUT2D eigenvalue weighted by atomic mass is 10.1. The maximum Gasteiger partial charge on any atom is 0.328 e. The highest BCUT2D eigenvalue weighted by Crippen LogP contribution is 2.20. The van der Waals surface area contributed by atoms with E-state index in [0.717, 1.165) is 27.7 Å². The Morgan fingerprint density at radius 1 is 1.13 bits per heavy atom. The van der Waals surface area contributed by atoms with Gasteiger partial charge in [0.25, 0.3) is 5.91 Å². The maximum atomic E-state index is 13.1. The summed E-state index contributed by atoms with van der Waals surface area (Å²) in [5, 5.41) is 0.978. The smallest absolute Gasteiger partial charge is 0.328 e. The molecular weight excluding hydrogens is 378 g/mol. The van der Waals surface area contributed by atoms with Gasteiger partial charge in [-0.05, 0) is 42.3 Å². The molecule has 0 saturated heterocycles. The first-order chi connectivity index (χ1) is 14.3. The van der Waals surface area contributed by atoms with Gasteiger partial charge in [-0.2, -0.15) is 0 Å². The second-order valence-corrected chi connectivity index (χ2v) is 7.41. The molecule has 152 valence electrons. The van der Waals surface area contributed by atoms with Gasteiger partial charge in [-0.15, -0.1) is 0 Å². The van der Waals surface area contributed by atoms with Crippen molar-refractivity contribution in [3.63, 3.8) is 0 Å². The number of pyridine rings is 1. The average molecular weight is 401 g/mol. The van der Waals surface area contributed by atoms with Gasteiger partial charge >= 0.3 is 5.69 Å². The number of fused-ring (bicyclic) bond motifs is 1. The van der Waals surface area contributed by atoms with E-state index in [1.807, 2.05) is 61.5 Å². The standard InChI is InChI=1S/C23H23N5O2/c1-15-11-17-10-9-16(12-19(17)25-21(15)24)13-28-20(14-26(2)23(28)30)22(29)27(3)18-7-5-4-6-8-18/h4-12,14H,13H2,1-3H3,(H2,24,25). The second-order valence-electron chi connectivity index (χ2n) is 7.41. The first-order valence-corrected chi connectivity index (χ1v) is 9.60. The van der Waals surface area contributed by atoms with Crippen molar-refractivity contribution in [2.75, 3.05) is 17.7 Å². The summed E-state index contributed by atoms with van der Waals surface area (Å²) < 4.78 is 2.91. The van der Waals surface area contributed by atoms with Gasteiger partial charge in [0.1, 0.15) is 11.5 Å². The van der Waals surface area contributed by atoms with Crippen molar-refractivity contribution in [3.05, 3.63) is 88.1 Å². The van der Waals surface area contributed by atoms with Crippen molar-refractivity contribution >= 4 is 28.3 Å². The summed E-state index contributed by atoms with van der Waals surface area (Å²) in [6.45, 7) is 2.18. The third kappa shape index (κ3) is 3.45. The zero-order valence-corrected chi connectivity index (χ0v) is 17.2. The molecule has 0 atom stereocenters. The highest BCUT2D eigenvalue weighted by Gasteiger charge is 2.21. The quantitative estimate of drug-likeness (QED) is 0.570. The lowest BCUT2D eigenvalue weighted by Gasteiger charge is -2.18. The van der Waals surface area contributed by atoms with E-state index in [-0.39, 0.29) is 18.1 Å². The number of nitrogen functional groups attached to an aromatic ring is 1. The summed E-state index contributed by atoms with van der Waals surface area (Å²) in [5.74, 6) is 0.231. The zero-order valence-electron chi connectivity index (χ0n) is 17.2. The molecule has 4 rings (SSSR count). The van der Waals surface area contributed by atoms with Gasteiger partial charge in [0.15, 0.2) is 0 Å². The number of carbonyl (C=O) groups excluding carboxylic acids is 1. The summed E-state index contributed by atoms with van der Waals surface area (Å²) in [6.07, 6.45) is 1.57. The van der Waals surface area contributed by atoms with Gasteiger partial charge in [0, 0.05) is 31.4 Å².